The third-order valence-electron chi connectivity index (χ3n) is 5.75. The van der Waals surface area contributed by atoms with Crippen LogP contribution in [0, 0.1) is 11.8 Å². The normalized spacial score (nSPS) is 27.9. The number of fused-ring (bicyclic) bond motifs is 1. The number of rotatable bonds is 4. The van der Waals surface area contributed by atoms with Crippen LogP contribution in [0.15, 0.2) is 42.5 Å². The van der Waals surface area contributed by atoms with Crippen LogP contribution in [0.3, 0.4) is 0 Å². The average molecular weight is 368 g/mol. The van der Waals surface area contributed by atoms with Crippen LogP contribution in [0.4, 0.5) is 0 Å². The van der Waals surface area contributed by atoms with Gasteiger partial charge in [-0.3, -0.25) is 9.59 Å². The first-order valence-electron chi connectivity index (χ1n) is 9.57. The number of benzene rings is 2. The number of amides is 2. The summed E-state index contributed by atoms with van der Waals surface area (Å²) >= 11 is 0. The molecule has 2 N–H and O–H groups in total. The fraction of sp³-hybridized carbons (Fsp3) is 0.455. The van der Waals surface area contributed by atoms with Crippen molar-refractivity contribution in [1.82, 2.24) is 10.6 Å². The monoisotopic (exact) mass is 368 g/mol. The van der Waals surface area contributed by atoms with Gasteiger partial charge in [-0.2, -0.15) is 0 Å². The number of hydrogen-bond donors (Lipinski definition) is 2. The lowest BCUT2D eigenvalue weighted by molar-refractivity contribution is -0.132. The van der Waals surface area contributed by atoms with Gasteiger partial charge >= 0.3 is 0 Å². The molecule has 0 bridgehead atoms. The minimum absolute atomic E-state index is 0.0116. The number of ether oxygens (including phenoxy) is 1. The molecule has 0 aliphatic carbocycles. The highest BCUT2D eigenvalue weighted by molar-refractivity contribution is 6.07. The lowest BCUT2D eigenvalue weighted by Gasteiger charge is -2.44. The van der Waals surface area contributed by atoms with Crippen molar-refractivity contribution in [3.8, 4) is 0 Å². The molecular formula is C22H28N2O3. The van der Waals surface area contributed by atoms with Gasteiger partial charge in [-0.25, -0.2) is 0 Å². The second-order valence-electron chi connectivity index (χ2n) is 7.56. The van der Waals surface area contributed by atoms with Gasteiger partial charge in [0.05, 0.1) is 18.2 Å². The number of carbonyl (C=O) groups excluding carboxylic acids is 2. The van der Waals surface area contributed by atoms with Gasteiger partial charge in [0.15, 0.2) is 0 Å². The van der Waals surface area contributed by atoms with E-state index in [0.717, 1.165) is 10.8 Å². The van der Waals surface area contributed by atoms with Crippen molar-refractivity contribution in [2.24, 2.45) is 11.8 Å². The molecule has 2 aromatic rings. The zero-order valence-electron chi connectivity index (χ0n) is 16.4. The average Bonchev–Trinajstić information content (AvgIpc) is 2.66. The Morgan fingerprint density at radius 3 is 2.44 bits per heavy atom. The van der Waals surface area contributed by atoms with Crippen LogP contribution in [0.25, 0.3) is 10.8 Å². The Hall–Kier alpha value is -2.40. The van der Waals surface area contributed by atoms with Gasteiger partial charge in [0.1, 0.15) is 0 Å². The zero-order valence-corrected chi connectivity index (χ0v) is 16.4. The van der Waals surface area contributed by atoms with Crippen molar-refractivity contribution in [3.63, 3.8) is 0 Å². The Kier molecular flexibility index (Phi) is 5.80. The van der Waals surface area contributed by atoms with Crippen molar-refractivity contribution in [3.05, 3.63) is 48.0 Å². The van der Waals surface area contributed by atoms with E-state index in [1.807, 2.05) is 49.4 Å². The molecule has 5 nitrogen and oxygen atoms in total. The highest BCUT2D eigenvalue weighted by Gasteiger charge is 2.39. The van der Waals surface area contributed by atoms with Crippen LogP contribution >= 0.6 is 0 Å². The minimum atomic E-state index is -0.0976. The molecule has 0 saturated carbocycles. The summed E-state index contributed by atoms with van der Waals surface area (Å²) in [4.78, 5) is 24.2. The third-order valence-corrected chi connectivity index (χ3v) is 5.75. The van der Waals surface area contributed by atoms with Crippen LogP contribution in [0.5, 0.6) is 0 Å². The number of nitrogens with one attached hydrogen (secondary N) is 2. The molecule has 1 saturated heterocycles. The van der Waals surface area contributed by atoms with Crippen LogP contribution < -0.4 is 10.6 Å². The Morgan fingerprint density at radius 2 is 1.70 bits per heavy atom. The highest BCUT2D eigenvalue weighted by Crippen LogP contribution is 2.30. The predicted molar refractivity (Wildman–Crippen MR) is 107 cm³/mol. The second kappa shape index (κ2) is 8.09. The molecule has 2 aromatic carbocycles. The van der Waals surface area contributed by atoms with E-state index in [-0.39, 0.29) is 41.9 Å². The van der Waals surface area contributed by atoms with Crippen molar-refractivity contribution in [2.45, 2.75) is 45.9 Å². The Morgan fingerprint density at radius 1 is 1.00 bits per heavy atom. The Balaban J connectivity index is 1.67. The molecule has 1 heterocycles. The predicted octanol–water partition coefficient (Wildman–Crippen LogP) is 3.13. The van der Waals surface area contributed by atoms with Gasteiger partial charge in [0.25, 0.3) is 5.91 Å². The second-order valence-corrected chi connectivity index (χ2v) is 7.56. The summed E-state index contributed by atoms with van der Waals surface area (Å²) in [7, 11) is 0. The lowest BCUT2D eigenvalue weighted by Crippen LogP contribution is -2.57. The van der Waals surface area contributed by atoms with Gasteiger partial charge in [0.2, 0.25) is 5.91 Å². The van der Waals surface area contributed by atoms with Crippen molar-refractivity contribution >= 4 is 22.6 Å². The molecule has 1 aliphatic rings. The van der Waals surface area contributed by atoms with Crippen molar-refractivity contribution in [2.75, 3.05) is 6.54 Å². The van der Waals surface area contributed by atoms with E-state index < -0.39 is 0 Å². The molecule has 1 fully saturated rings. The van der Waals surface area contributed by atoms with E-state index in [1.54, 1.807) is 0 Å². The molecule has 3 rings (SSSR count). The molecule has 0 radical (unpaired) electrons. The summed E-state index contributed by atoms with van der Waals surface area (Å²) in [6, 6.07) is 13.6. The van der Waals surface area contributed by atoms with E-state index in [0.29, 0.717) is 12.1 Å². The van der Waals surface area contributed by atoms with Gasteiger partial charge in [-0.15, -0.1) is 0 Å². The maximum atomic E-state index is 12.8. The summed E-state index contributed by atoms with van der Waals surface area (Å²) in [5, 5.41) is 8.02. The molecule has 27 heavy (non-hydrogen) atoms. The van der Waals surface area contributed by atoms with E-state index in [9.17, 15) is 9.59 Å². The summed E-state index contributed by atoms with van der Waals surface area (Å²) in [6.45, 7) is 8.19. The number of carbonyl (C=O) groups is 2. The Bertz CT molecular complexity index is 830. The lowest BCUT2D eigenvalue weighted by atomic mass is 9.80. The molecular weight excluding hydrogens is 340 g/mol. The first kappa shape index (κ1) is 19.4. The maximum Gasteiger partial charge on any atom is 0.252 e. The molecule has 0 aromatic heterocycles. The van der Waals surface area contributed by atoms with Crippen LogP contribution in [-0.4, -0.2) is 36.6 Å². The Labute approximate surface area is 160 Å². The van der Waals surface area contributed by atoms with Crippen molar-refractivity contribution in [1.29, 1.82) is 0 Å². The molecule has 5 unspecified atom stereocenters. The van der Waals surface area contributed by atoms with Crippen molar-refractivity contribution < 1.29 is 14.3 Å². The highest BCUT2D eigenvalue weighted by atomic mass is 16.5. The van der Waals surface area contributed by atoms with Gasteiger partial charge < -0.3 is 15.4 Å². The molecule has 144 valence electrons. The molecule has 2 amide bonds. The van der Waals surface area contributed by atoms with Gasteiger partial charge in [-0.1, -0.05) is 50.2 Å². The quantitative estimate of drug-likeness (QED) is 0.871. The topological polar surface area (TPSA) is 67.4 Å². The van der Waals surface area contributed by atoms with E-state index in [4.69, 9.17) is 4.74 Å². The van der Waals surface area contributed by atoms with E-state index in [2.05, 4.69) is 24.5 Å². The van der Waals surface area contributed by atoms with Gasteiger partial charge in [0, 0.05) is 19.0 Å². The smallest absolute Gasteiger partial charge is 0.252 e. The third kappa shape index (κ3) is 4.14. The fourth-order valence-corrected chi connectivity index (χ4v) is 4.01. The molecule has 1 aliphatic heterocycles. The molecule has 0 spiro atoms. The first-order valence-corrected chi connectivity index (χ1v) is 9.57. The summed E-state index contributed by atoms with van der Waals surface area (Å²) in [5.74, 6) is 0.340. The standard InChI is InChI=1S/C22H28N2O3/c1-13-14(2)21(24-16(4)25)15(3)27-20(13)12-23-22(26)19-11-7-9-17-8-5-6-10-18(17)19/h5-11,13-15,20-21H,12H2,1-4H3,(H,23,26)(H,24,25). The summed E-state index contributed by atoms with van der Waals surface area (Å²) in [5.41, 5.74) is 0.675. The van der Waals surface area contributed by atoms with Gasteiger partial charge in [-0.05, 0) is 35.6 Å². The SMILES string of the molecule is CC(=O)NC1C(C)OC(CNC(=O)c2cccc3ccccc23)C(C)C1C. The first-order chi connectivity index (χ1) is 12.9. The maximum absolute atomic E-state index is 12.8. The van der Waals surface area contributed by atoms with E-state index in [1.165, 1.54) is 6.92 Å². The minimum Gasteiger partial charge on any atom is -0.371 e. The molecule has 5 atom stereocenters. The number of hydrogen-bond acceptors (Lipinski definition) is 3. The summed E-state index contributed by atoms with van der Waals surface area (Å²) < 4.78 is 6.13. The van der Waals surface area contributed by atoms with Crippen LogP contribution in [0.2, 0.25) is 0 Å². The van der Waals surface area contributed by atoms with Crippen LogP contribution in [0.1, 0.15) is 38.1 Å². The van der Waals surface area contributed by atoms with E-state index >= 15 is 0 Å². The van der Waals surface area contributed by atoms with Crippen LogP contribution in [-0.2, 0) is 9.53 Å². The molecule has 5 heteroatoms. The zero-order chi connectivity index (χ0) is 19.6. The largest absolute Gasteiger partial charge is 0.371 e. The summed E-state index contributed by atoms with van der Waals surface area (Å²) in [6.07, 6.45) is -0.182. The fourth-order valence-electron chi connectivity index (χ4n) is 4.01.